The van der Waals surface area contributed by atoms with Crippen molar-refractivity contribution in [1.29, 1.82) is 0 Å². The van der Waals surface area contributed by atoms with Crippen molar-refractivity contribution in [3.05, 3.63) is 32.9 Å². The lowest BCUT2D eigenvalue weighted by Crippen LogP contribution is -2.38. The molecule has 3 nitrogen and oxygen atoms in total. The highest BCUT2D eigenvalue weighted by Crippen LogP contribution is 2.14. The Morgan fingerprint density at radius 1 is 1.60 bits per heavy atom. The topological polar surface area (TPSA) is 55.1 Å². The molecule has 15 heavy (non-hydrogen) atoms. The van der Waals surface area contributed by atoms with Gasteiger partial charge < -0.3 is 11.1 Å². The molecule has 0 fully saturated rings. The predicted octanol–water partition coefficient (Wildman–Crippen LogP) is 1.68. The summed E-state index contributed by atoms with van der Waals surface area (Å²) in [5.41, 5.74) is 7.25. The van der Waals surface area contributed by atoms with Crippen LogP contribution < -0.4 is 11.1 Å². The number of amides is 1. The predicted molar refractivity (Wildman–Crippen MR) is 69.9 cm³/mol. The number of rotatable bonds is 3. The quantitative estimate of drug-likeness (QED) is 0.833. The van der Waals surface area contributed by atoms with Crippen LogP contribution in [0.15, 0.2) is 18.2 Å². The van der Waals surface area contributed by atoms with E-state index in [1.54, 1.807) is 0 Å². The van der Waals surface area contributed by atoms with Crippen LogP contribution in [0.4, 0.5) is 0 Å². The lowest BCUT2D eigenvalue weighted by molar-refractivity contribution is 0.0940. The lowest BCUT2D eigenvalue weighted by Gasteiger charge is -2.12. The maximum Gasteiger partial charge on any atom is 0.252 e. The fraction of sp³-hybridized carbons (Fsp3) is 0.364. The summed E-state index contributed by atoms with van der Waals surface area (Å²) in [7, 11) is 0. The zero-order valence-corrected chi connectivity index (χ0v) is 11.0. The molecule has 0 unspecified atom stereocenters. The number of benzene rings is 1. The van der Waals surface area contributed by atoms with Gasteiger partial charge in [0.15, 0.2) is 0 Å². The molecule has 0 spiro atoms. The highest BCUT2D eigenvalue weighted by atomic mass is 127. The minimum absolute atomic E-state index is 0.00816. The molecule has 1 aromatic rings. The van der Waals surface area contributed by atoms with Crippen LogP contribution in [0.3, 0.4) is 0 Å². The average Bonchev–Trinajstić information content (AvgIpc) is 2.21. The monoisotopic (exact) mass is 318 g/mol. The molecule has 0 aliphatic carbocycles. The molecule has 82 valence electrons. The number of aryl methyl sites for hydroxylation is 1. The fourth-order valence-corrected chi connectivity index (χ4v) is 1.75. The Balaban J connectivity index is 2.86. The summed E-state index contributed by atoms with van der Waals surface area (Å²) in [6.45, 7) is 4.31. The molecule has 0 heterocycles. The third-order valence-electron chi connectivity index (χ3n) is 2.10. The summed E-state index contributed by atoms with van der Waals surface area (Å²) in [5, 5.41) is 2.85. The fourth-order valence-electron chi connectivity index (χ4n) is 1.17. The van der Waals surface area contributed by atoms with E-state index < -0.39 is 0 Å². The number of hydrogen-bond acceptors (Lipinski definition) is 2. The Bertz CT molecular complexity index is 366. The minimum Gasteiger partial charge on any atom is -0.348 e. The second-order valence-electron chi connectivity index (χ2n) is 3.59. The summed E-state index contributed by atoms with van der Waals surface area (Å²) >= 11 is 2.16. The molecule has 0 radical (unpaired) electrons. The maximum atomic E-state index is 11.8. The Hall–Kier alpha value is -0.620. The van der Waals surface area contributed by atoms with E-state index in [0.717, 1.165) is 14.7 Å². The molecule has 0 aliphatic rings. The van der Waals surface area contributed by atoms with Crippen molar-refractivity contribution < 1.29 is 4.79 Å². The first kappa shape index (κ1) is 12.4. The van der Waals surface area contributed by atoms with Crippen LogP contribution in [0.2, 0.25) is 0 Å². The number of carbonyl (C=O) groups excluding carboxylic acids is 1. The molecule has 4 heteroatoms. The summed E-state index contributed by atoms with van der Waals surface area (Å²) in [4.78, 5) is 11.8. The zero-order valence-electron chi connectivity index (χ0n) is 8.88. The van der Waals surface area contributed by atoms with E-state index in [2.05, 4.69) is 27.9 Å². The number of nitrogens with two attached hydrogens (primary N) is 1. The standard InChI is InChI=1S/C11H15IN2O/c1-7-3-4-10(12)9(5-7)11(15)14-8(2)6-13/h3-5,8H,6,13H2,1-2H3,(H,14,15)/t8-/m0/s1. The number of carbonyl (C=O) groups is 1. The minimum atomic E-state index is -0.0546. The van der Waals surface area contributed by atoms with Crippen LogP contribution in [0, 0.1) is 10.5 Å². The van der Waals surface area contributed by atoms with E-state index in [9.17, 15) is 4.79 Å². The third kappa shape index (κ3) is 3.46. The normalized spacial score (nSPS) is 12.3. The Kier molecular flexibility index (Phi) is 4.53. The summed E-state index contributed by atoms with van der Waals surface area (Å²) in [5.74, 6) is -0.0546. The van der Waals surface area contributed by atoms with E-state index in [1.807, 2.05) is 32.0 Å². The van der Waals surface area contributed by atoms with Crippen LogP contribution >= 0.6 is 22.6 Å². The Morgan fingerprint density at radius 2 is 2.27 bits per heavy atom. The molecular weight excluding hydrogens is 303 g/mol. The maximum absolute atomic E-state index is 11.8. The molecule has 0 aromatic heterocycles. The SMILES string of the molecule is Cc1ccc(I)c(C(=O)N[C@@H](C)CN)c1. The average molecular weight is 318 g/mol. The smallest absolute Gasteiger partial charge is 0.252 e. The highest BCUT2D eigenvalue weighted by Gasteiger charge is 2.11. The summed E-state index contributed by atoms with van der Waals surface area (Å²) in [6, 6.07) is 5.83. The Morgan fingerprint density at radius 3 is 2.87 bits per heavy atom. The van der Waals surface area contributed by atoms with Crippen LogP contribution in [0.5, 0.6) is 0 Å². The molecule has 1 aromatic carbocycles. The second kappa shape index (κ2) is 5.46. The highest BCUT2D eigenvalue weighted by molar-refractivity contribution is 14.1. The summed E-state index contributed by atoms with van der Waals surface area (Å²) < 4.78 is 0.958. The molecule has 1 rings (SSSR count). The molecule has 3 N–H and O–H groups in total. The number of hydrogen-bond donors (Lipinski definition) is 2. The second-order valence-corrected chi connectivity index (χ2v) is 4.76. The Labute approximate surface area is 104 Å². The van der Waals surface area contributed by atoms with Gasteiger partial charge in [0.2, 0.25) is 0 Å². The van der Waals surface area contributed by atoms with Gasteiger partial charge in [0, 0.05) is 16.2 Å². The largest absolute Gasteiger partial charge is 0.348 e. The first-order valence-electron chi connectivity index (χ1n) is 4.81. The van der Waals surface area contributed by atoms with E-state index in [4.69, 9.17) is 5.73 Å². The van der Waals surface area contributed by atoms with E-state index in [1.165, 1.54) is 0 Å². The van der Waals surface area contributed by atoms with Gasteiger partial charge in [-0.2, -0.15) is 0 Å². The molecule has 1 amide bonds. The van der Waals surface area contributed by atoms with Crippen molar-refractivity contribution in [2.24, 2.45) is 5.73 Å². The first-order valence-corrected chi connectivity index (χ1v) is 5.89. The summed E-state index contributed by atoms with van der Waals surface area (Å²) in [6.07, 6.45) is 0. The van der Waals surface area contributed by atoms with Gasteiger partial charge in [0.1, 0.15) is 0 Å². The van der Waals surface area contributed by atoms with Crippen molar-refractivity contribution in [2.75, 3.05) is 6.54 Å². The van der Waals surface area contributed by atoms with Crippen LogP contribution in [-0.2, 0) is 0 Å². The van der Waals surface area contributed by atoms with Gasteiger partial charge >= 0.3 is 0 Å². The van der Waals surface area contributed by atoms with Gasteiger partial charge in [-0.3, -0.25) is 4.79 Å². The first-order chi connectivity index (χ1) is 7.04. The van der Waals surface area contributed by atoms with Gasteiger partial charge in [-0.25, -0.2) is 0 Å². The van der Waals surface area contributed by atoms with Gasteiger partial charge in [-0.1, -0.05) is 11.6 Å². The van der Waals surface area contributed by atoms with Crippen molar-refractivity contribution in [3.8, 4) is 0 Å². The van der Waals surface area contributed by atoms with Crippen LogP contribution in [-0.4, -0.2) is 18.5 Å². The van der Waals surface area contributed by atoms with Crippen molar-refractivity contribution in [3.63, 3.8) is 0 Å². The van der Waals surface area contributed by atoms with Crippen LogP contribution in [0.1, 0.15) is 22.8 Å². The van der Waals surface area contributed by atoms with Gasteiger partial charge in [0.05, 0.1) is 5.56 Å². The molecule has 0 aliphatic heterocycles. The number of nitrogens with one attached hydrogen (secondary N) is 1. The lowest BCUT2D eigenvalue weighted by atomic mass is 10.1. The third-order valence-corrected chi connectivity index (χ3v) is 3.04. The van der Waals surface area contributed by atoms with Crippen molar-refractivity contribution in [2.45, 2.75) is 19.9 Å². The molecular formula is C11H15IN2O. The van der Waals surface area contributed by atoms with Gasteiger partial charge in [-0.15, -0.1) is 0 Å². The molecule has 0 saturated carbocycles. The molecule has 0 saturated heterocycles. The van der Waals surface area contributed by atoms with E-state index in [-0.39, 0.29) is 11.9 Å². The van der Waals surface area contributed by atoms with Gasteiger partial charge in [0.25, 0.3) is 5.91 Å². The zero-order chi connectivity index (χ0) is 11.4. The molecule has 0 bridgehead atoms. The van der Waals surface area contributed by atoms with Crippen molar-refractivity contribution >= 4 is 28.5 Å². The van der Waals surface area contributed by atoms with Crippen molar-refractivity contribution in [1.82, 2.24) is 5.32 Å². The van der Waals surface area contributed by atoms with Crippen LogP contribution in [0.25, 0.3) is 0 Å². The van der Waals surface area contributed by atoms with Gasteiger partial charge in [-0.05, 0) is 48.6 Å². The van der Waals surface area contributed by atoms with E-state index in [0.29, 0.717) is 6.54 Å². The van der Waals surface area contributed by atoms with E-state index >= 15 is 0 Å². The molecule has 1 atom stereocenters. The number of halogens is 1.